The normalized spacial score (nSPS) is 10.8. The van der Waals surface area contributed by atoms with E-state index in [-0.39, 0.29) is 5.82 Å². The molecule has 0 aliphatic carbocycles. The van der Waals surface area contributed by atoms with Crippen LogP contribution in [0.2, 0.25) is 0 Å². The van der Waals surface area contributed by atoms with Gasteiger partial charge < -0.3 is 5.32 Å². The van der Waals surface area contributed by atoms with E-state index in [9.17, 15) is 4.39 Å². The van der Waals surface area contributed by atoms with Gasteiger partial charge in [0.2, 0.25) is 0 Å². The molecule has 0 amide bonds. The molecule has 0 saturated carbocycles. The van der Waals surface area contributed by atoms with Gasteiger partial charge >= 0.3 is 0 Å². The molecule has 0 spiro atoms. The molecule has 21 heavy (non-hydrogen) atoms. The molecule has 0 saturated heterocycles. The van der Waals surface area contributed by atoms with Crippen LogP contribution in [-0.4, -0.2) is 11.5 Å². The van der Waals surface area contributed by atoms with Crippen molar-refractivity contribution >= 4 is 32.5 Å². The van der Waals surface area contributed by atoms with Crippen LogP contribution < -0.4 is 5.32 Å². The molecular formula is C17H14BrFN2. The zero-order chi connectivity index (χ0) is 14.7. The highest BCUT2D eigenvalue weighted by atomic mass is 79.9. The maximum absolute atomic E-state index is 13.6. The summed E-state index contributed by atoms with van der Waals surface area (Å²) in [5.41, 5.74) is 0.714. The molecule has 4 heteroatoms. The number of pyridine rings is 1. The molecule has 0 aliphatic heterocycles. The summed E-state index contributed by atoms with van der Waals surface area (Å²) in [7, 11) is 0. The highest BCUT2D eigenvalue weighted by Gasteiger charge is 2.05. The molecule has 1 heterocycles. The zero-order valence-corrected chi connectivity index (χ0v) is 12.9. The molecule has 0 unspecified atom stereocenters. The van der Waals surface area contributed by atoms with Gasteiger partial charge in [0.1, 0.15) is 11.6 Å². The number of nitrogens with one attached hydrogen (secondary N) is 1. The Morgan fingerprint density at radius 3 is 2.71 bits per heavy atom. The first kappa shape index (κ1) is 14.0. The second-order valence-electron chi connectivity index (χ2n) is 4.76. The largest absolute Gasteiger partial charge is 0.369 e. The third kappa shape index (κ3) is 3.05. The first-order chi connectivity index (χ1) is 10.3. The van der Waals surface area contributed by atoms with Gasteiger partial charge in [-0.3, -0.25) is 0 Å². The summed E-state index contributed by atoms with van der Waals surface area (Å²) in [6, 6.07) is 14.8. The van der Waals surface area contributed by atoms with Crippen molar-refractivity contribution in [2.24, 2.45) is 0 Å². The van der Waals surface area contributed by atoms with Gasteiger partial charge in [-0.2, -0.15) is 0 Å². The number of hydrogen-bond donors (Lipinski definition) is 1. The van der Waals surface area contributed by atoms with E-state index < -0.39 is 0 Å². The summed E-state index contributed by atoms with van der Waals surface area (Å²) < 4.78 is 14.6. The second kappa shape index (κ2) is 6.22. The Labute approximate surface area is 131 Å². The van der Waals surface area contributed by atoms with E-state index in [1.807, 2.05) is 36.4 Å². The van der Waals surface area contributed by atoms with E-state index in [0.29, 0.717) is 18.5 Å². The minimum atomic E-state index is -0.159. The quantitative estimate of drug-likeness (QED) is 0.735. The molecule has 1 N–H and O–H groups in total. The molecule has 2 nitrogen and oxygen atoms in total. The molecule has 3 rings (SSSR count). The van der Waals surface area contributed by atoms with Crippen LogP contribution in [0.4, 0.5) is 10.2 Å². The lowest BCUT2D eigenvalue weighted by atomic mass is 10.1. The van der Waals surface area contributed by atoms with Crippen LogP contribution in [0, 0.1) is 5.82 Å². The molecule has 0 bridgehead atoms. The van der Waals surface area contributed by atoms with E-state index >= 15 is 0 Å². The number of anilines is 1. The summed E-state index contributed by atoms with van der Waals surface area (Å²) in [5.74, 6) is 0.665. The lowest BCUT2D eigenvalue weighted by Crippen LogP contribution is -2.07. The third-order valence-corrected chi connectivity index (χ3v) is 4.09. The maximum Gasteiger partial charge on any atom is 0.133 e. The molecule has 1 aromatic heterocycles. The van der Waals surface area contributed by atoms with Crippen molar-refractivity contribution in [3.63, 3.8) is 0 Å². The number of benzene rings is 2. The average molecular weight is 345 g/mol. The molecule has 0 atom stereocenters. The molecular weight excluding hydrogens is 331 g/mol. The smallest absolute Gasteiger partial charge is 0.133 e. The Bertz CT molecular complexity index is 774. The average Bonchev–Trinajstić information content (AvgIpc) is 2.50. The minimum Gasteiger partial charge on any atom is -0.369 e. The number of aromatic nitrogens is 1. The lowest BCUT2D eigenvalue weighted by molar-refractivity contribution is 0.610. The number of fused-ring (bicyclic) bond motifs is 1. The highest BCUT2D eigenvalue weighted by molar-refractivity contribution is 9.10. The SMILES string of the molecule is Fc1ccccc1CCNc1nccc2c(Br)cccc12. The number of nitrogens with zero attached hydrogens (tertiary/aromatic N) is 1. The van der Waals surface area contributed by atoms with E-state index in [0.717, 1.165) is 21.1 Å². The van der Waals surface area contributed by atoms with Gasteiger partial charge in [-0.25, -0.2) is 9.37 Å². The predicted molar refractivity (Wildman–Crippen MR) is 88.0 cm³/mol. The van der Waals surface area contributed by atoms with E-state index in [2.05, 4.69) is 26.2 Å². The number of halogens is 2. The van der Waals surface area contributed by atoms with Crippen molar-refractivity contribution in [3.8, 4) is 0 Å². The van der Waals surface area contributed by atoms with Crippen molar-refractivity contribution in [2.45, 2.75) is 6.42 Å². The lowest BCUT2D eigenvalue weighted by Gasteiger charge is -2.10. The Morgan fingerprint density at radius 2 is 1.86 bits per heavy atom. The molecule has 0 radical (unpaired) electrons. The topological polar surface area (TPSA) is 24.9 Å². The standard InChI is InChI=1S/C17H14BrFN2/c18-15-6-3-5-14-13(15)9-11-21-17(14)20-10-8-12-4-1-2-7-16(12)19/h1-7,9,11H,8,10H2,(H,20,21). The van der Waals surface area contributed by atoms with Crippen LogP contribution in [0.3, 0.4) is 0 Å². The van der Waals surface area contributed by atoms with Gasteiger partial charge in [0.15, 0.2) is 0 Å². The Kier molecular flexibility index (Phi) is 4.15. The van der Waals surface area contributed by atoms with Crippen LogP contribution in [-0.2, 0) is 6.42 Å². The molecule has 3 aromatic rings. The number of hydrogen-bond acceptors (Lipinski definition) is 2. The van der Waals surface area contributed by atoms with Gasteiger partial charge in [0, 0.05) is 28.0 Å². The second-order valence-corrected chi connectivity index (χ2v) is 5.62. The van der Waals surface area contributed by atoms with Crippen LogP contribution in [0.15, 0.2) is 59.2 Å². The van der Waals surface area contributed by atoms with Crippen molar-refractivity contribution in [3.05, 3.63) is 70.6 Å². The fourth-order valence-electron chi connectivity index (χ4n) is 2.33. The summed E-state index contributed by atoms with van der Waals surface area (Å²) in [6.07, 6.45) is 2.40. The van der Waals surface area contributed by atoms with E-state index in [1.165, 1.54) is 6.07 Å². The first-order valence-corrected chi connectivity index (χ1v) is 7.55. The fraction of sp³-hybridized carbons (Fsp3) is 0.118. The first-order valence-electron chi connectivity index (χ1n) is 6.76. The molecule has 0 fully saturated rings. The minimum absolute atomic E-state index is 0.159. The van der Waals surface area contributed by atoms with E-state index in [1.54, 1.807) is 12.3 Å². The van der Waals surface area contributed by atoms with Crippen molar-refractivity contribution < 1.29 is 4.39 Å². The van der Waals surface area contributed by atoms with Crippen LogP contribution in [0.25, 0.3) is 10.8 Å². The van der Waals surface area contributed by atoms with Gasteiger partial charge in [0.05, 0.1) is 0 Å². The van der Waals surface area contributed by atoms with Gasteiger partial charge in [-0.15, -0.1) is 0 Å². The van der Waals surface area contributed by atoms with Gasteiger partial charge in [-0.1, -0.05) is 46.3 Å². The van der Waals surface area contributed by atoms with Crippen molar-refractivity contribution in [1.82, 2.24) is 4.98 Å². The monoisotopic (exact) mass is 344 g/mol. The fourth-order valence-corrected chi connectivity index (χ4v) is 2.82. The van der Waals surface area contributed by atoms with Crippen LogP contribution >= 0.6 is 15.9 Å². The maximum atomic E-state index is 13.6. The van der Waals surface area contributed by atoms with Gasteiger partial charge in [-0.05, 0) is 30.2 Å². The van der Waals surface area contributed by atoms with Crippen LogP contribution in [0.5, 0.6) is 0 Å². The summed E-state index contributed by atoms with van der Waals surface area (Å²) in [6.45, 7) is 0.638. The van der Waals surface area contributed by atoms with Gasteiger partial charge in [0.25, 0.3) is 0 Å². The molecule has 2 aromatic carbocycles. The molecule has 106 valence electrons. The van der Waals surface area contributed by atoms with Crippen molar-refractivity contribution in [1.29, 1.82) is 0 Å². The van der Waals surface area contributed by atoms with Crippen molar-refractivity contribution in [2.75, 3.05) is 11.9 Å². The predicted octanol–water partition coefficient (Wildman–Crippen LogP) is 4.79. The van der Waals surface area contributed by atoms with E-state index in [4.69, 9.17) is 0 Å². The van der Waals surface area contributed by atoms with Crippen LogP contribution in [0.1, 0.15) is 5.56 Å². The summed E-state index contributed by atoms with van der Waals surface area (Å²) in [4.78, 5) is 4.38. The Hall–Kier alpha value is -1.94. The third-order valence-electron chi connectivity index (χ3n) is 3.40. The summed E-state index contributed by atoms with van der Waals surface area (Å²) >= 11 is 3.54. The highest BCUT2D eigenvalue weighted by Crippen LogP contribution is 2.27. The summed E-state index contributed by atoms with van der Waals surface area (Å²) in [5, 5.41) is 5.46. The Balaban J connectivity index is 1.77. The molecule has 0 aliphatic rings. The zero-order valence-electron chi connectivity index (χ0n) is 11.3. The number of rotatable bonds is 4. The Morgan fingerprint density at radius 1 is 1.00 bits per heavy atom.